The van der Waals surface area contributed by atoms with E-state index in [4.69, 9.17) is 16.3 Å². The van der Waals surface area contributed by atoms with E-state index in [1.54, 1.807) is 4.90 Å². The molecule has 0 radical (unpaired) electrons. The van der Waals surface area contributed by atoms with Gasteiger partial charge in [-0.25, -0.2) is 4.79 Å². The minimum absolute atomic E-state index is 0.0241. The lowest BCUT2D eigenvalue weighted by atomic mass is 10.1. The van der Waals surface area contributed by atoms with E-state index in [2.05, 4.69) is 4.90 Å². The highest BCUT2D eigenvalue weighted by molar-refractivity contribution is 6.30. The molecule has 2 amide bonds. The van der Waals surface area contributed by atoms with Crippen LogP contribution in [0.4, 0.5) is 21.9 Å². The summed E-state index contributed by atoms with van der Waals surface area (Å²) in [6.07, 6.45) is 0. The fraction of sp³-hybridized carbons (Fsp3) is 0.174. The summed E-state index contributed by atoms with van der Waals surface area (Å²) in [6, 6.07) is 23.1. The summed E-state index contributed by atoms with van der Waals surface area (Å²) in [4.78, 5) is 19.5. The number of ether oxygens (including phenoxy) is 1. The van der Waals surface area contributed by atoms with Crippen molar-refractivity contribution in [1.82, 2.24) is 4.90 Å². The summed E-state index contributed by atoms with van der Waals surface area (Å²) in [6.45, 7) is 2.87. The summed E-state index contributed by atoms with van der Waals surface area (Å²) in [5.41, 5.74) is 2.68. The number of rotatable bonds is 1. The van der Waals surface area contributed by atoms with E-state index >= 15 is 0 Å². The van der Waals surface area contributed by atoms with E-state index in [-0.39, 0.29) is 6.03 Å². The average Bonchev–Trinajstić information content (AvgIpc) is 2.77. The van der Waals surface area contributed by atoms with Crippen molar-refractivity contribution >= 4 is 34.7 Å². The summed E-state index contributed by atoms with van der Waals surface area (Å²) in [5.74, 6) is 1.39. The largest absolute Gasteiger partial charge is 0.453 e. The van der Waals surface area contributed by atoms with Crippen LogP contribution in [0.2, 0.25) is 5.02 Å². The van der Waals surface area contributed by atoms with Gasteiger partial charge < -0.3 is 14.5 Å². The molecule has 0 saturated carbocycles. The standard InChI is InChI=1S/C23H20ClN3O2/c24-17-9-11-18(12-10-17)25-13-15-26(16-14-25)23(28)27-19-5-1-3-7-21(19)29-22-8-4-2-6-20(22)27/h1-12H,13-16H2. The third-order valence-corrected chi connectivity index (χ3v) is 5.62. The number of carbonyl (C=O) groups is 1. The Morgan fingerprint density at radius 3 is 1.90 bits per heavy atom. The Morgan fingerprint density at radius 1 is 0.759 bits per heavy atom. The van der Waals surface area contributed by atoms with E-state index in [1.165, 1.54) is 0 Å². The highest BCUT2D eigenvalue weighted by Gasteiger charge is 2.33. The van der Waals surface area contributed by atoms with Gasteiger partial charge in [0.15, 0.2) is 11.5 Å². The number of fused-ring (bicyclic) bond motifs is 2. The van der Waals surface area contributed by atoms with Crippen molar-refractivity contribution in [3.63, 3.8) is 0 Å². The predicted molar refractivity (Wildman–Crippen MR) is 116 cm³/mol. The first-order chi connectivity index (χ1) is 14.2. The summed E-state index contributed by atoms with van der Waals surface area (Å²) in [7, 11) is 0. The summed E-state index contributed by atoms with van der Waals surface area (Å²) >= 11 is 6.00. The van der Waals surface area contributed by atoms with E-state index in [1.807, 2.05) is 77.7 Å². The molecule has 5 rings (SSSR count). The molecular formula is C23H20ClN3O2. The number of hydrogen-bond donors (Lipinski definition) is 0. The molecule has 29 heavy (non-hydrogen) atoms. The lowest BCUT2D eigenvalue weighted by molar-refractivity contribution is 0.203. The normalized spacial score (nSPS) is 15.4. The van der Waals surface area contributed by atoms with Gasteiger partial charge in [-0.3, -0.25) is 4.90 Å². The number of amides is 2. The fourth-order valence-electron chi connectivity index (χ4n) is 3.86. The molecule has 2 heterocycles. The predicted octanol–water partition coefficient (Wildman–Crippen LogP) is 5.53. The molecule has 3 aromatic carbocycles. The van der Waals surface area contributed by atoms with Crippen molar-refractivity contribution in [3.05, 3.63) is 77.8 Å². The van der Waals surface area contributed by atoms with Crippen molar-refractivity contribution in [2.75, 3.05) is 36.0 Å². The van der Waals surface area contributed by atoms with Gasteiger partial charge in [-0.05, 0) is 48.5 Å². The van der Waals surface area contributed by atoms with Gasteiger partial charge in [0, 0.05) is 36.9 Å². The number of halogens is 1. The number of carbonyl (C=O) groups excluding carboxylic acids is 1. The Labute approximate surface area is 174 Å². The Morgan fingerprint density at radius 2 is 1.31 bits per heavy atom. The van der Waals surface area contributed by atoms with E-state index in [9.17, 15) is 4.79 Å². The van der Waals surface area contributed by atoms with Crippen LogP contribution in [0, 0.1) is 0 Å². The molecule has 1 fully saturated rings. The summed E-state index contributed by atoms with van der Waals surface area (Å²) < 4.78 is 6.00. The van der Waals surface area contributed by atoms with Gasteiger partial charge in [-0.1, -0.05) is 35.9 Å². The Hall–Kier alpha value is -3.18. The maximum Gasteiger partial charge on any atom is 0.329 e. The van der Waals surface area contributed by atoms with Crippen molar-refractivity contribution < 1.29 is 9.53 Å². The quantitative estimate of drug-likeness (QED) is 0.534. The molecule has 2 aliphatic rings. The van der Waals surface area contributed by atoms with Crippen LogP contribution in [0.5, 0.6) is 11.5 Å². The summed E-state index contributed by atoms with van der Waals surface area (Å²) in [5, 5.41) is 0.729. The third-order valence-electron chi connectivity index (χ3n) is 5.37. The number of para-hydroxylation sites is 4. The second kappa shape index (κ2) is 7.33. The van der Waals surface area contributed by atoms with Gasteiger partial charge in [-0.15, -0.1) is 0 Å². The number of nitrogens with zero attached hydrogens (tertiary/aromatic N) is 3. The molecule has 0 spiro atoms. The fourth-order valence-corrected chi connectivity index (χ4v) is 3.99. The van der Waals surface area contributed by atoms with Crippen LogP contribution >= 0.6 is 11.6 Å². The molecule has 0 N–H and O–H groups in total. The Kier molecular flexibility index (Phi) is 4.52. The van der Waals surface area contributed by atoms with Gasteiger partial charge in [-0.2, -0.15) is 0 Å². The lowest BCUT2D eigenvalue weighted by Crippen LogP contribution is -2.52. The van der Waals surface area contributed by atoms with Gasteiger partial charge in [0.05, 0.1) is 11.4 Å². The molecule has 6 heteroatoms. The zero-order valence-corrected chi connectivity index (χ0v) is 16.5. The zero-order chi connectivity index (χ0) is 19.8. The van der Waals surface area contributed by atoms with Crippen LogP contribution in [0.3, 0.4) is 0 Å². The van der Waals surface area contributed by atoms with Crippen LogP contribution in [0.15, 0.2) is 72.8 Å². The van der Waals surface area contributed by atoms with Crippen molar-refractivity contribution in [2.24, 2.45) is 0 Å². The van der Waals surface area contributed by atoms with E-state index in [0.717, 1.165) is 35.2 Å². The maximum atomic E-state index is 13.5. The highest BCUT2D eigenvalue weighted by Crippen LogP contribution is 2.46. The molecule has 5 nitrogen and oxygen atoms in total. The lowest BCUT2D eigenvalue weighted by Gasteiger charge is -2.40. The number of piperazine rings is 1. The minimum Gasteiger partial charge on any atom is -0.453 e. The second-order valence-corrected chi connectivity index (χ2v) is 7.54. The van der Waals surface area contributed by atoms with E-state index in [0.29, 0.717) is 24.6 Å². The van der Waals surface area contributed by atoms with Crippen LogP contribution in [-0.4, -0.2) is 37.1 Å². The molecular weight excluding hydrogens is 386 g/mol. The Bertz CT molecular complexity index is 1000. The number of urea groups is 1. The first kappa shape index (κ1) is 17.9. The smallest absolute Gasteiger partial charge is 0.329 e. The maximum absolute atomic E-state index is 13.5. The third kappa shape index (κ3) is 3.28. The SMILES string of the molecule is O=C(N1CCN(c2ccc(Cl)cc2)CC1)N1c2ccccc2Oc2ccccc21. The molecule has 2 aliphatic heterocycles. The van der Waals surface area contributed by atoms with Crippen LogP contribution in [0.25, 0.3) is 0 Å². The second-order valence-electron chi connectivity index (χ2n) is 7.11. The van der Waals surface area contributed by atoms with Crippen molar-refractivity contribution in [3.8, 4) is 11.5 Å². The molecule has 146 valence electrons. The number of benzene rings is 3. The number of anilines is 3. The first-order valence-corrected chi connectivity index (χ1v) is 10.0. The molecule has 0 bridgehead atoms. The Balaban J connectivity index is 1.38. The molecule has 3 aromatic rings. The van der Waals surface area contributed by atoms with Gasteiger partial charge in [0.25, 0.3) is 0 Å². The highest BCUT2D eigenvalue weighted by atomic mass is 35.5. The zero-order valence-electron chi connectivity index (χ0n) is 15.8. The van der Waals surface area contributed by atoms with Crippen molar-refractivity contribution in [2.45, 2.75) is 0 Å². The van der Waals surface area contributed by atoms with Crippen LogP contribution in [0.1, 0.15) is 0 Å². The average molecular weight is 406 g/mol. The molecule has 0 unspecified atom stereocenters. The van der Waals surface area contributed by atoms with Crippen molar-refractivity contribution in [1.29, 1.82) is 0 Å². The molecule has 0 aliphatic carbocycles. The minimum atomic E-state index is -0.0241. The molecule has 0 atom stereocenters. The molecule has 1 saturated heterocycles. The van der Waals surface area contributed by atoms with Gasteiger partial charge in [0.2, 0.25) is 0 Å². The monoisotopic (exact) mass is 405 g/mol. The topological polar surface area (TPSA) is 36.0 Å². The number of hydrogen-bond acceptors (Lipinski definition) is 3. The van der Waals surface area contributed by atoms with E-state index < -0.39 is 0 Å². The first-order valence-electron chi connectivity index (χ1n) is 9.66. The van der Waals surface area contributed by atoms with Crippen LogP contribution in [-0.2, 0) is 0 Å². The van der Waals surface area contributed by atoms with Crippen LogP contribution < -0.4 is 14.5 Å². The van der Waals surface area contributed by atoms with Gasteiger partial charge >= 0.3 is 6.03 Å². The molecule has 0 aromatic heterocycles. The van der Waals surface area contributed by atoms with Gasteiger partial charge in [0.1, 0.15) is 0 Å².